The van der Waals surface area contributed by atoms with Crippen molar-refractivity contribution >= 4 is 29.0 Å². The Morgan fingerprint density at radius 3 is 1.48 bits per heavy atom. The maximum atomic E-state index is 13.3. The molecule has 2 spiro atoms. The number of rotatable bonds is 6. The van der Waals surface area contributed by atoms with Crippen LogP contribution in [0.2, 0.25) is 0 Å². The van der Waals surface area contributed by atoms with Gasteiger partial charge in [0.2, 0.25) is 0 Å². The van der Waals surface area contributed by atoms with Crippen molar-refractivity contribution in [2.45, 2.75) is 94.6 Å². The molecule has 0 radical (unpaired) electrons. The molecule has 0 heterocycles. The number of halogens is 2. The predicted octanol–water partition coefficient (Wildman–Crippen LogP) is 5.45. The molecule has 0 aromatic rings. The molecular weight excluding hydrogens is 359 g/mol. The zero-order valence-electron chi connectivity index (χ0n) is 15.6. The highest BCUT2D eigenvalue weighted by atomic mass is 35.5. The van der Waals surface area contributed by atoms with Gasteiger partial charge in [-0.15, -0.1) is 0 Å². The molecule has 144 valence electrons. The molecule has 5 heteroatoms. The van der Waals surface area contributed by atoms with Crippen molar-refractivity contribution in [3.63, 3.8) is 0 Å². The number of hydrogen-bond acceptors (Lipinski definition) is 3. The second-order valence-electron chi connectivity index (χ2n) is 8.21. The van der Waals surface area contributed by atoms with Crippen LogP contribution in [-0.4, -0.2) is 35.5 Å². The lowest BCUT2D eigenvalue weighted by molar-refractivity contribution is -0.176. The molecule has 0 aromatic carbocycles. The van der Waals surface area contributed by atoms with Gasteiger partial charge in [0, 0.05) is 13.2 Å². The first-order valence-electron chi connectivity index (χ1n) is 10.1. The molecule has 0 aromatic heterocycles. The van der Waals surface area contributed by atoms with E-state index in [4.69, 9.17) is 32.7 Å². The predicted molar refractivity (Wildman–Crippen MR) is 101 cm³/mol. The maximum absolute atomic E-state index is 13.3. The zero-order chi connectivity index (χ0) is 18.1. The van der Waals surface area contributed by atoms with Crippen LogP contribution in [0.3, 0.4) is 0 Å². The summed E-state index contributed by atoms with van der Waals surface area (Å²) in [4.78, 5) is 13.3. The molecule has 0 N–H and O–H groups in total. The standard InChI is InChI=1S/C20H32Cl2O3/c1-3-13-24-15-5-9-18(10-6-15)17(23)19(20(18,21)22)11-7-16(8-12-19)25-14-4-2/h15-16H,3-14H2,1-2H3/t15?,16?,18-,19-. The van der Waals surface area contributed by atoms with Gasteiger partial charge in [0.25, 0.3) is 0 Å². The SMILES string of the molecule is CCCOC1CC[C@]2(CC1)C(=O)[C@@]1(CCC(OCCC)CC1)C2(Cl)Cl. The van der Waals surface area contributed by atoms with Crippen LogP contribution >= 0.6 is 23.2 Å². The van der Waals surface area contributed by atoms with E-state index in [1.807, 2.05) is 0 Å². The molecule has 3 saturated carbocycles. The smallest absolute Gasteiger partial charge is 0.151 e. The van der Waals surface area contributed by atoms with Crippen molar-refractivity contribution in [2.24, 2.45) is 10.8 Å². The number of ether oxygens (including phenoxy) is 2. The first-order valence-corrected chi connectivity index (χ1v) is 10.8. The fourth-order valence-electron chi connectivity index (χ4n) is 5.29. The largest absolute Gasteiger partial charge is 0.378 e. The van der Waals surface area contributed by atoms with E-state index in [1.165, 1.54) is 0 Å². The van der Waals surface area contributed by atoms with Gasteiger partial charge in [0.15, 0.2) is 5.78 Å². The van der Waals surface area contributed by atoms with Gasteiger partial charge in [-0.3, -0.25) is 4.79 Å². The van der Waals surface area contributed by atoms with Crippen molar-refractivity contribution < 1.29 is 14.3 Å². The zero-order valence-corrected chi connectivity index (χ0v) is 17.1. The van der Waals surface area contributed by atoms with Crippen molar-refractivity contribution in [3.8, 4) is 0 Å². The Hall–Kier alpha value is 0.170. The fourth-order valence-corrected chi connectivity index (χ4v) is 6.39. The molecule has 0 atom stereocenters. The van der Waals surface area contributed by atoms with Gasteiger partial charge in [-0.25, -0.2) is 0 Å². The Morgan fingerprint density at radius 2 is 1.20 bits per heavy atom. The van der Waals surface area contributed by atoms with Gasteiger partial charge in [-0.1, -0.05) is 37.0 Å². The third-order valence-electron chi connectivity index (χ3n) is 6.76. The summed E-state index contributed by atoms with van der Waals surface area (Å²) in [6.07, 6.45) is 9.23. The van der Waals surface area contributed by atoms with E-state index >= 15 is 0 Å². The summed E-state index contributed by atoms with van der Waals surface area (Å²) in [5, 5.41) is 0. The van der Waals surface area contributed by atoms with Crippen molar-refractivity contribution in [1.82, 2.24) is 0 Å². The Labute approximate surface area is 162 Å². The lowest BCUT2D eigenvalue weighted by Gasteiger charge is -2.66. The van der Waals surface area contributed by atoms with Gasteiger partial charge < -0.3 is 9.47 Å². The molecular formula is C20H32Cl2O3. The molecule has 3 fully saturated rings. The number of carbonyl (C=O) groups excluding carboxylic acids is 1. The normalized spacial score (nSPS) is 40.4. The molecule has 3 rings (SSSR count). The maximum Gasteiger partial charge on any atom is 0.151 e. The van der Waals surface area contributed by atoms with Crippen LogP contribution in [0.5, 0.6) is 0 Å². The molecule has 0 aliphatic heterocycles. The number of Topliss-reactive ketones (excluding diaryl/α,β-unsaturated/α-hetero) is 1. The minimum Gasteiger partial charge on any atom is -0.378 e. The van der Waals surface area contributed by atoms with E-state index in [2.05, 4.69) is 13.8 Å². The molecule has 3 aliphatic rings. The summed E-state index contributed by atoms with van der Waals surface area (Å²) in [7, 11) is 0. The number of ketones is 1. The van der Waals surface area contributed by atoms with Crippen LogP contribution in [0.4, 0.5) is 0 Å². The first-order chi connectivity index (χ1) is 11.9. The van der Waals surface area contributed by atoms with Crippen molar-refractivity contribution in [2.75, 3.05) is 13.2 Å². The topological polar surface area (TPSA) is 35.5 Å². The van der Waals surface area contributed by atoms with Gasteiger partial charge in [0.05, 0.1) is 23.0 Å². The van der Waals surface area contributed by atoms with E-state index in [-0.39, 0.29) is 12.2 Å². The first kappa shape index (κ1) is 19.9. The number of alkyl halides is 2. The second-order valence-corrected chi connectivity index (χ2v) is 9.54. The van der Waals surface area contributed by atoms with E-state index in [9.17, 15) is 4.79 Å². The quantitative estimate of drug-likeness (QED) is 0.565. The molecule has 25 heavy (non-hydrogen) atoms. The van der Waals surface area contributed by atoms with Crippen molar-refractivity contribution in [1.29, 1.82) is 0 Å². The van der Waals surface area contributed by atoms with Crippen LogP contribution in [0.15, 0.2) is 0 Å². The number of hydrogen-bond donors (Lipinski definition) is 0. The lowest BCUT2D eigenvalue weighted by Crippen LogP contribution is -2.74. The van der Waals surface area contributed by atoms with E-state index in [1.54, 1.807) is 0 Å². The lowest BCUT2D eigenvalue weighted by atomic mass is 9.43. The highest BCUT2D eigenvalue weighted by molar-refractivity contribution is 6.55. The third kappa shape index (κ3) is 3.07. The molecule has 0 saturated heterocycles. The molecule has 3 aliphatic carbocycles. The van der Waals surface area contributed by atoms with Gasteiger partial charge in [0.1, 0.15) is 4.33 Å². The summed E-state index contributed by atoms with van der Waals surface area (Å²) in [5.41, 5.74) is -1.08. The Bertz CT molecular complexity index is 435. The minimum atomic E-state index is -0.928. The van der Waals surface area contributed by atoms with E-state index in [0.29, 0.717) is 5.78 Å². The molecule has 0 bridgehead atoms. The van der Waals surface area contributed by atoms with Crippen molar-refractivity contribution in [3.05, 3.63) is 0 Å². The Kier molecular flexibility index (Phi) is 6.10. The average Bonchev–Trinajstić information content (AvgIpc) is 2.64. The Morgan fingerprint density at radius 1 is 0.840 bits per heavy atom. The van der Waals surface area contributed by atoms with Crippen LogP contribution in [0.1, 0.15) is 78.1 Å². The van der Waals surface area contributed by atoms with Crippen LogP contribution in [0.25, 0.3) is 0 Å². The minimum absolute atomic E-state index is 0.261. The number of carbonyl (C=O) groups is 1. The van der Waals surface area contributed by atoms with Gasteiger partial charge in [-0.05, 0) is 64.2 Å². The fraction of sp³-hybridized carbons (Fsp3) is 0.950. The molecule has 0 amide bonds. The molecule has 3 nitrogen and oxygen atoms in total. The molecule has 0 unspecified atom stereocenters. The average molecular weight is 391 g/mol. The summed E-state index contributed by atoms with van der Waals surface area (Å²) >= 11 is 13.9. The van der Waals surface area contributed by atoms with Gasteiger partial charge >= 0.3 is 0 Å². The van der Waals surface area contributed by atoms with Crippen LogP contribution in [-0.2, 0) is 14.3 Å². The summed E-state index contributed by atoms with van der Waals surface area (Å²) in [5.74, 6) is 0.327. The van der Waals surface area contributed by atoms with E-state index < -0.39 is 15.2 Å². The van der Waals surface area contributed by atoms with Crippen LogP contribution in [0, 0.1) is 10.8 Å². The summed E-state index contributed by atoms with van der Waals surface area (Å²) in [6.45, 7) is 5.82. The highest BCUT2D eigenvalue weighted by Crippen LogP contribution is 2.73. The van der Waals surface area contributed by atoms with E-state index in [0.717, 1.165) is 77.4 Å². The van der Waals surface area contributed by atoms with Gasteiger partial charge in [-0.2, -0.15) is 0 Å². The summed E-state index contributed by atoms with van der Waals surface area (Å²) < 4.78 is 10.8. The highest BCUT2D eigenvalue weighted by Gasteiger charge is 2.79. The third-order valence-corrected chi connectivity index (χ3v) is 8.21. The Balaban J connectivity index is 1.62. The monoisotopic (exact) mass is 390 g/mol. The van der Waals surface area contributed by atoms with Crippen LogP contribution < -0.4 is 0 Å². The summed E-state index contributed by atoms with van der Waals surface area (Å²) in [6, 6.07) is 0. The second kappa shape index (κ2) is 7.66.